The van der Waals surface area contributed by atoms with Gasteiger partial charge >= 0.3 is 0 Å². The number of hydrogen-bond acceptors (Lipinski definition) is 4. The number of thiocarbonyl (C=S) groups is 1. The first-order valence-electron chi connectivity index (χ1n) is 4.58. The molecule has 0 aromatic heterocycles. The van der Waals surface area contributed by atoms with Crippen molar-refractivity contribution >= 4 is 35.1 Å². The smallest absolute Gasteiger partial charge is 0.184 e. The van der Waals surface area contributed by atoms with Crippen LogP contribution in [-0.4, -0.2) is 25.5 Å². The number of benzene rings is 1. The number of hydrazone groups is 1. The van der Waals surface area contributed by atoms with Gasteiger partial charge in [-0.15, -0.1) is 0 Å². The molecule has 0 saturated carbocycles. The molecule has 0 radical (unpaired) electrons. The summed E-state index contributed by atoms with van der Waals surface area (Å²) in [6.07, 6.45) is 1.49. The van der Waals surface area contributed by atoms with E-state index in [0.717, 1.165) is 0 Å². The topological polar surface area (TPSA) is 68.9 Å². The highest BCUT2D eigenvalue weighted by molar-refractivity contribution is 7.80. The average Bonchev–Trinajstić information content (AvgIpc) is 2.30. The summed E-state index contributed by atoms with van der Waals surface area (Å²) in [5, 5.41) is 4.37. The summed E-state index contributed by atoms with van der Waals surface area (Å²) in [5.41, 5.74) is 8.32. The molecule has 0 spiro atoms. The zero-order valence-electron chi connectivity index (χ0n) is 9.36. The SMILES string of the molecule is COc1cc(Cl)c(/C=N/NC(N)=S)cc1OC. The van der Waals surface area contributed by atoms with Crippen molar-refractivity contribution in [2.75, 3.05) is 14.2 Å². The zero-order chi connectivity index (χ0) is 12.8. The molecule has 1 aromatic carbocycles. The molecule has 1 aromatic rings. The lowest BCUT2D eigenvalue weighted by molar-refractivity contribution is 0.355. The van der Waals surface area contributed by atoms with Gasteiger partial charge in [-0.1, -0.05) is 11.6 Å². The van der Waals surface area contributed by atoms with Crippen molar-refractivity contribution < 1.29 is 9.47 Å². The normalized spacial score (nSPS) is 10.3. The second-order valence-electron chi connectivity index (χ2n) is 2.96. The average molecular weight is 274 g/mol. The fraction of sp³-hybridized carbons (Fsp3) is 0.200. The Morgan fingerprint density at radius 2 is 2.00 bits per heavy atom. The van der Waals surface area contributed by atoms with Gasteiger partial charge in [0, 0.05) is 11.6 Å². The molecule has 0 heterocycles. The molecule has 3 N–H and O–H groups in total. The monoisotopic (exact) mass is 273 g/mol. The van der Waals surface area contributed by atoms with Gasteiger partial charge in [0.15, 0.2) is 16.6 Å². The van der Waals surface area contributed by atoms with Crippen LogP contribution in [0.5, 0.6) is 11.5 Å². The molecule has 0 saturated heterocycles. The number of methoxy groups -OCH3 is 2. The van der Waals surface area contributed by atoms with Crippen LogP contribution in [0.3, 0.4) is 0 Å². The highest BCUT2D eigenvalue weighted by Gasteiger charge is 2.08. The highest BCUT2D eigenvalue weighted by Crippen LogP contribution is 2.32. The van der Waals surface area contributed by atoms with E-state index in [-0.39, 0.29) is 5.11 Å². The molecule has 0 bridgehead atoms. The largest absolute Gasteiger partial charge is 0.493 e. The van der Waals surface area contributed by atoms with Crippen LogP contribution in [0.15, 0.2) is 17.2 Å². The minimum Gasteiger partial charge on any atom is -0.493 e. The van der Waals surface area contributed by atoms with Crippen LogP contribution in [0.25, 0.3) is 0 Å². The Labute approximate surface area is 110 Å². The lowest BCUT2D eigenvalue weighted by Crippen LogP contribution is -2.24. The maximum absolute atomic E-state index is 6.03. The van der Waals surface area contributed by atoms with Gasteiger partial charge in [0.2, 0.25) is 0 Å². The molecular weight excluding hydrogens is 262 g/mol. The predicted octanol–water partition coefficient (Wildman–Crippen LogP) is 1.52. The number of hydrogen-bond donors (Lipinski definition) is 2. The summed E-state index contributed by atoms with van der Waals surface area (Å²) in [5.74, 6) is 1.12. The van der Waals surface area contributed by atoms with Crippen LogP contribution in [0, 0.1) is 0 Å². The minimum atomic E-state index is 0.0813. The van der Waals surface area contributed by atoms with Gasteiger partial charge in [0.05, 0.1) is 25.5 Å². The van der Waals surface area contributed by atoms with E-state index in [1.807, 2.05) is 0 Å². The lowest BCUT2D eigenvalue weighted by atomic mass is 10.2. The maximum atomic E-state index is 6.03. The molecule has 0 fully saturated rings. The molecule has 17 heavy (non-hydrogen) atoms. The summed E-state index contributed by atoms with van der Waals surface area (Å²) in [6.45, 7) is 0. The Bertz CT molecular complexity index is 451. The third-order valence-electron chi connectivity index (χ3n) is 1.88. The molecule has 0 aliphatic rings. The van der Waals surface area contributed by atoms with E-state index in [0.29, 0.717) is 22.1 Å². The van der Waals surface area contributed by atoms with E-state index < -0.39 is 0 Å². The van der Waals surface area contributed by atoms with Crippen molar-refractivity contribution in [3.05, 3.63) is 22.7 Å². The Morgan fingerprint density at radius 3 is 2.53 bits per heavy atom. The van der Waals surface area contributed by atoms with Gasteiger partial charge in [-0.05, 0) is 18.3 Å². The van der Waals surface area contributed by atoms with Crippen LogP contribution in [0.4, 0.5) is 0 Å². The highest BCUT2D eigenvalue weighted by atomic mass is 35.5. The first-order chi connectivity index (χ1) is 8.08. The maximum Gasteiger partial charge on any atom is 0.184 e. The van der Waals surface area contributed by atoms with Crippen LogP contribution < -0.4 is 20.6 Å². The van der Waals surface area contributed by atoms with E-state index >= 15 is 0 Å². The van der Waals surface area contributed by atoms with Crippen molar-refractivity contribution in [3.63, 3.8) is 0 Å². The van der Waals surface area contributed by atoms with Crippen molar-refractivity contribution in [1.29, 1.82) is 0 Å². The number of ether oxygens (including phenoxy) is 2. The van der Waals surface area contributed by atoms with Crippen molar-refractivity contribution in [1.82, 2.24) is 5.43 Å². The van der Waals surface area contributed by atoms with E-state index in [4.69, 9.17) is 26.8 Å². The van der Waals surface area contributed by atoms with Crippen LogP contribution in [-0.2, 0) is 0 Å². The molecule has 0 aliphatic heterocycles. The lowest BCUT2D eigenvalue weighted by Gasteiger charge is -2.09. The second-order valence-corrected chi connectivity index (χ2v) is 3.81. The quantitative estimate of drug-likeness (QED) is 0.495. The molecule has 0 atom stereocenters. The number of nitrogens with two attached hydrogens (primary N) is 1. The molecule has 0 aliphatic carbocycles. The van der Waals surface area contributed by atoms with Gasteiger partial charge < -0.3 is 15.2 Å². The Kier molecular flexibility index (Phi) is 4.99. The molecule has 1 rings (SSSR count). The fourth-order valence-corrected chi connectivity index (χ4v) is 1.39. The zero-order valence-corrected chi connectivity index (χ0v) is 10.9. The minimum absolute atomic E-state index is 0.0813. The molecule has 92 valence electrons. The van der Waals surface area contributed by atoms with Gasteiger partial charge in [0.25, 0.3) is 0 Å². The first-order valence-corrected chi connectivity index (χ1v) is 5.37. The molecule has 0 amide bonds. The number of halogens is 1. The third kappa shape index (κ3) is 3.76. The summed E-state index contributed by atoms with van der Waals surface area (Å²) in [6, 6.07) is 3.34. The summed E-state index contributed by atoms with van der Waals surface area (Å²) < 4.78 is 10.2. The van der Waals surface area contributed by atoms with E-state index in [1.165, 1.54) is 13.3 Å². The summed E-state index contributed by atoms with van der Waals surface area (Å²) >= 11 is 10.6. The van der Waals surface area contributed by atoms with Gasteiger partial charge in [-0.2, -0.15) is 5.10 Å². The van der Waals surface area contributed by atoms with Gasteiger partial charge in [0.1, 0.15) is 0 Å². The van der Waals surface area contributed by atoms with Crippen molar-refractivity contribution in [2.24, 2.45) is 10.8 Å². The van der Waals surface area contributed by atoms with Crippen molar-refractivity contribution in [2.45, 2.75) is 0 Å². The standard InChI is InChI=1S/C10H12ClN3O2S/c1-15-8-3-6(5-13-14-10(12)17)7(11)4-9(8)16-2/h3-5H,1-2H3,(H3,12,14,17)/b13-5+. The molecule has 7 heteroatoms. The summed E-state index contributed by atoms with van der Waals surface area (Å²) in [7, 11) is 3.08. The molecule has 0 unspecified atom stereocenters. The Morgan fingerprint density at radius 1 is 1.41 bits per heavy atom. The number of nitrogens with one attached hydrogen (secondary N) is 1. The van der Waals surface area contributed by atoms with Crippen molar-refractivity contribution in [3.8, 4) is 11.5 Å². The number of nitrogens with zero attached hydrogens (tertiary/aromatic N) is 1. The van der Waals surface area contributed by atoms with Gasteiger partial charge in [-0.3, -0.25) is 5.43 Å². The van der Waals surface area contributed by atoms with Crippen LogP contribution in [0.2, 0.25) is 5.02 Å². The number of rotatable bonds is 4. The van der Waals surface area contributed by atoms with Crippen LogP contribution >= 0.6 is 23.8 Å². The molecule has 5 nitrogen and oxygen atoms in total. The third-order valence-corrected chi connectivity index (χ3v) is 2.30. The Hall–Kier alpha value is -1.53. The first kappa shape index (κ1) is 13.5. The molecular formula is C10H12ClN3O2S. The predicted molar refractivity (Wildman–Crippen MR) is 72.1 cm³/mol. The van der Waals surface area contributed by atoms with Gasteiger partial charge in [-0.25, -0.2) is 0 Å². The second kappa shape index (κ2) is 6.27. The van der Waals surface area contributed by atoms with E-state index in [2.05, 4.69) is 22.7 Å². The fourth-order valence-electron chi connectivity index (χ4n) is 1.13. The van der Waals surface area contributed by atoms with E-state index in [1.54, 1.807) is 19.2 Å². The van der Waals surface area contributed by atoms with E-state index in [9.17, 15) is 0 Å². The van der Waals surface area contributed by atoms with Crippen LogP contribution in [0.1, 0.15) is 5.56 Å². The Balaban J connectivity index is 3.00. The summed E-state index contributed by atoms with van der Waals surface area (Å²) in [4.78, 5) is 0.